The van der Waals surface area contributed by atoms with Crippen LogP contribution in [-0.4, -0.2) is 5.78 Å². The van der Waals surface area contributed by atoms with E-state index in [1.165, 1.54) is 11.8 Å². The molecule has 0 saturated heterocycles. The summed E-state index contributed by atoms with van der Waals surface area (Å²) in [6.45, 7) is 0. The van der Waals surface area contributed by atoms with E-state index in [1.54, 1.807) is 0 Å². The maximum atomic E-state index is 12.3. The van der Waals surface area contributed by atoms with Crippen molar-refractivity contribution in [3.63, 3.8) is 0 Å². The quantitative estimate of drug-likeness (QED) is 0.604. The van der Waals surface area contributed by atoms with Crippen molar-refractivity contribution in [2.45, 2.75) is 4.90 Å². The molecule has 0 N–H and O–H groups in total. The zero-order chi connectivity index (χ0) is 14.9. The van der Waals surface area contributed by atoms with Gasteiger partial charge < -0.3 is 4.42 Å². The number of hydrogen-bond acceptors (Lipinski definition) is 3. The zero-order valence-corrected chi connectivity index (χ0v) is 12.5. The summed E-state index contributed by atoms with van der Waals surface area (Å²) in [5.74, 6) is 1.57. The fraction of sp³-hybridized carbons (Fsp3) is 0. The van der Waals surface area contributed by atoms with Crippen LogP contribution in [0, 0.1) is 0 Å². The van der Waals surface area contributed by atoms with Gasteiger partial charge >= 0.3 is 0 Å². The van der Waals surface area contributed by atoms with Crippen molar-refractivity contribution in [3.05, 3.63) is 83.0 Å². The Morgan fingerprint density at radius 3 is 2.45 bits per heavy atom. The second-order valence-electron chi connectivity index (χ2n) is 5.00. The maximum absolute atomic E-state index is 12.3. The van der Waals surface area contributed by atoms with E-state index in [9.17, 15) is 4.79 Å². The number of hydrogen-bond donors (Lipinski definition) is 0. The number of ketones is 1. The van der Waals surface area contributed by atoms with Crippen LogP contribution in [0.15, 0.2) is 80.9 Å². The number of carbonyl (C=O) groups excluding carboxylic acids is 1. The summed E-state index contributed by atoms with van der Waals surface area (Å²) in [4.78, 5) is 14.1. The fourth-order valence-electron chi connectivity index (χ4n) is 2.45. The lowest BCUT2D eigenvalue weighted by Gasteiger charge is -1.95. The average molecular weight is 304 g/mol. The molecule has 0 unspecified atom stereocenters. The number of Topliss-reactive ketones (excluding diaryl/α,β-unsaturated/α-hetero) is 1. The highest BCUT2D eigenvalue weighted by molar-refractivity contribution is 8.04. The first-order valence-corrected chi connectivity index (χ1v) is 7.81. The lowest BCUT2D eigenvalue weighted by Crippen LogP contribution is -1.93. The minimum Gasteiger partial charge on any atom is -0.457 e. The molecule has 2 nitrogen and oxygen atoms in total. The van der Waals surface area contributed by atoms with Gasteiger partial charge in [0.1, 0.15) is 11.5 Å². The molecule has 0 bridgehead atoms. The largest absolute Gasteiger partial charge is 0.457 e. The second kappa shape index (κ2) is 5.35. The molecular formula is C19H12O2S. The molecule has 0 amide bonds. The monoisotopic (exact) mass is 304 g/mol. The first-order valence-electron chi connectivity index (χ1n) is 7.00. The van der Waals surface area contributed by atoms with Gasteiger partial charge in [0.25, 0.3) is 0 Å². The summed E-state index contributed by atoms with van der Waals surface area (Å²) in [5, 5.41) is 0. The topological polar surface area (TPSA) is 30.2 Å². The highest BCUT2D eigenvalue weighted by atomic mass is 32.2. The molecule has 0 spiro atoms. The van der Waals surface area contributed by atoms with Gasteiger partial charge in [-0.05, 0) is 30.3 Å². The van der Waals surface area contributed by atoms with E-state index in [1.807, 2.05) is 72.8 Å². The third-order valence-corrected chi connectivity index (χ3v) is 4.63. The van der Waals surface area contributed by atoms with Crippen molar-refractivity contribution < 1.29 is 9.21 Å². The predicted molar refractivity (Wildman–Crippen MR) is 88.8 cm³/mol. The lowest BCUT2D eigenvalue weighted by molar-refractivity contribution is 0.104. The number of carbonyl (C=O) groups is 1. The molecule has 0 fully saturated rings. The Morgan fingerprint density at radius 1 is 0.864 bits per heavy atom. The van der Waals surface area contributed by atoms with Crippen molar-refractivity contribution in [1.82, 2.24) is 0 Å². The van der Waals surface area contributed by atoms with Crippen LogP contribution in [0.25, 0.3) is 17.4 Å². The van der Waals surface area contributed by atoms with E-state index in [2.05, 4.69) is 0 Å². The van der Waals surface area contributed by atoms with Crippen LogP contribution in [0.5, 0.6) is 0 Å². The van der Waals surface area contributed by atoms with Crippen LogP contribution in [0.1, 0.15) is 16.1 Å². The van der Waals surface area contributed by atoms with Gasteiger partial charge in [0.15, 0.2) is 0 Å². The van der Waals surface area contributed by atoms with Crippen molar-refractivity contribution in [1.29, 1.82) is 0 Å². The number of rotatable bonds is 2. The van der Waals surface area contributed by atoms with Gasteiger partial charge in [-0.2, -0.15) is 0 Å². The summed E-state index contributed by atoms with van der Waals surface area (Å²) in [6.07, 6.45) is 1.82. The predicted octanol–water partition coefficient (Wildman–Crippen LogP) is 5.28. The van der Waals surface area contributed by atoms with Gasteiger partial charge in [-0.25, -0.2) is 0 Å². The first kappa shape index (κ1) is 13.2. The van der Waals surface area contributed by atoms with Crippen LogP contribution >= 0.6 is 11.8 Å². The Kier molecular flexibility index (Phi) is 3.20. The van der Waals surface area contributed by atoms with Crippen LogP contribution in [-0.2, 0) is 0 Å². The van der Waals surface area contributed by atoms with Gasteiger partial charge in [0.2, 0.25) is 5.78 Å². The van der Waals surface area contributed by atoms with E-state index in [4.69, 9.17) is 4.42 Å². The maximum Gasteiger partial charge on any atom is 0.200 e. The number of benzene rings is 2. The Bertz CT molecular complexity index is 875. The van der Waals surface area contributed by atoms with Crippen molar-refractivity contribution in [2.75, 3.05) is 0 Å². The summed E-state index contributed by atoms with van der Waals surface area (Å²) in [6, 6.07) is 21.4. The van der Waals surface area contributed by atoms with E-state index in [0.717, 1.165) is 21.8 Å². The molecule has 0 aliphatic carbocycles. The molecule has 2 aromatic carbocycles. The lowest BCUT2D eigenvalue weighted by atomic mass is 10.1. The van der Waals surface area contributed by atoms with Gasteiger partial charge in [-0.1, -0.05) is 54.2 Å². The molecule has 4 rings (SSSR count). The Balaban J connectivity index is 1.65. The van der Waals surface area contributed by atoms with Crippen molar-refractivity contribution >= 4 is 23.6 Å². The Hall–Kier alpha value is -2.52. The van der Waals surface area contributed by atoms with E-state index in [0.29, 0.717) is 10.7 Å². The fourth-order valence-corrected chi connectivity index (χ4v) is 3.48. The highest BCUT2D eigenvalue weighted by Gasteiger charge is 2.25. The molecule has 1 aliphatic rings. The number of fused-ring (bicyclic) bond motifs is 1. The molecule has 1 aromatic heterocycles. The molecule has 22 heavy (non-hydrogen) atoms. The van der Waals surface area contributed by atoms with E-state index < -0.39 is 0 Å². The third kappa shape index (κ3) is 2.30. The summed E-state index contributed by atoms with van der Waals surface area (Å²) in [7, 11) is 0. The average Bonchev–Trinajstić information content (AvgIpc) is 3.15. The van der Waals surface area contributed by atoms with Crippen LogP contribution in [0.3, 0.4) is 0 Å². The minimum atomic E-state index is 0.0678. The standard InChI is InChI=1S/C19H12O2S/c20-19-15-8-4-5-9-17(15)22-18(19)12-14-10-11-16(21-14)13-6-2-1-3-7-13/h1-12H/b18-12-. The SMILES string of the molecule is O=C1/C(=C/c2ccc(-c3ccccc3)o2)Sc2ccccc21. The van der Waals surface area contributed by atoms with Crippen LogP contribution in [0.2, 0.25) is 0 Å². The molecular weight excluding hydrogens is 292 g/mol. The van der Waals surface area contributed by atoms with E-state index in [-0.39, 0.29) is 5.78 Å². The van der Waals surface area contributed by atoms with Crippen LogP contribution < -0.4 is 0 Å². The van der Waals surface area contributed by atoms with Gasteiger partial charge in [0, 0.05) is 16.0 Å². The molecule has 106 valence electrons. The molecule has 3 aromatic rings. The van der Waals surface area contributed by atoms with Crippen molar-refractivity contribution in [2.24, 2.45) is 0 Å². The first-order chi connectivity index (χ1) is 10.8. The zero-order valence-electron chi connectivity index (χ0n) is 11.7. The Labute approximate surface area is 132 Å². The van der Waals surface area contributed by atoms with Gasteiger partial charge in [-0.3, -0.25) is 4.79 Å². The summed E-state index contributed by atoms with van der Waals surface area (Å²) in [5.41, 5.74) is 1.80. The smallest absolute Gasteiger partial charge is 0.200 e. The highest BCUT2D eigenvalue weighted by Crippen LogP contribution is 2.40. The molecule has 0 saturated carbocycles. The van der Waals surface area contributed by atoms with E-state index >= 15 is 0 Å². The van der Waals surface area contributed by atoms with Gasteiger partial charge in [0.05, 0.1) is 4.91 Å². The molecule has 0 atom stereocenters. The molecule has 2 heterocycles. The molecule has 0 radical (unpaired) electrons. The third-order valence-electron chi connectivity index (χ3n) is 3.53. The second-order valence-corrected chi connectivity index (χ2v) is 6.09. The number of thioether (sulfide) groups is 1. The summed E-state index contributed by atoms with van der Waals surface area (Å²) < 4.78 is 5.84. The number of allylic oxidation sites excluding steroid dienone is 1. The normalized spacial score (nSPS) is 15.3. The molecule has 1 aliphatic heterocycles. The summed E-state index contributed by atoms with van der Waals surface area (Å²) >= 11 is 1.50. The van der Waals surface area contributed by atoms with Crippen LogP contribution in [0.4, 0.5) is 0 Å². The molecule has 3 heteroatoms. The Morgan fingerprint density at radius 2 is 1.64 bits per heavy atom. The van der Waals surface area contributed by atoms with Crippen molar-refractivity contribution in [3.8, 4) is 11.3 Å². The number of furan rings is 1. The van der Waals surface area contributed by atoms with Gasteiger partial charge in [-0.15, -0.1) is 0 Å². The minimum absolute atomic E-state index is 0.0678.